The summed E-state index contributed by atoms with van der Waals surface area (Å²) in [7, 11) is 0. The van der Waals surface area contributed by atoms with E-state index in [1.165, 1.54) is 5.56 Å². The Morgan fingerprint density at radius 2 is 1.90 bits per heavy atom. The molecule has 2 aromatic carbocycles. The van der Waals surface area contributed by atoms with Gasteiger partial charge in [0.15, 0.2) is 5.13 Å². The Hall–Kier alpha value is -3.05. The number of para-hydroxylation sites is 1. The molecule has 0 N–H and O–H groups in total. The molecule has 158 valence electrons. The predicted octanol–water partition coefficient (Wildman–Crippen LogP) is 6.21. The van der Waals surface area contributed by atoms with Crippen LogP contribution in [-0.2, 0) is 17.8 Å². The molecule has 1 amide bonds. The quantitative estimate of drug-likeness (QED) is 0.366. The third kappa shape index (κ3) is 4.67. The predicted molar refractivity (Wildman–Crippen MR) is 129 cm³/mol. The first-order chi connectivity index (χ1) is 14.9. The lowest BCUT2D eigenvalue weighted by atomic mass is 10.0. The van der Waals surface area contributed by atoms with Crippen LogP contribution in [0.1, 0.15) is 47.7 Å². The van der Waals surface area contributed by atoms with Crippen molar-refractivity contribution < 1.29 is 4.79 Å². The van der Waals surface area contributed by atoms with E-state index in [2.05, 4.69) is 69.1 Å². The highest BCUT2D eigenvalue weighted by atomic mass is 32.1. The second kappa shape index (κ2) is 8.98. The van der Waals surface area contributed by atoms with E-state index in [1.54, 1.807) is 22.4 Å². The van der Waals surface area contributed by atoms with Crippen LogP contribution in [0.4, 0.5) is 5.13 Å². The van der Waals surface area contributed by atoms with Gasteiger partial charge in [0.25, 0.3) is 0 Å². The minimum atomic E-state index is 0.0320. The Morgan fingerprint density at radius 3 is 2.65 bits per heavy atom. The van der Waals surface area contributed by atoms with Crippen molar-refractivity contribution in [1.82, 2.24) is 9.97 Å². The molecule has 0 atom stereocenters. The normalized spacial score (nSPS) is 11.3. The molecule has 0 fully saturated rings. The van der Waals surface area contributed by atoms with Crippen molar-refractivity contribution in [3.8, 4) is 0 Å². The van der Waals surface area contributed by atoms with Gasteiger partial charge in [0.2, 0.25) is 5.91 Å². The van der Waals surface area contributed by atoms with Crippen LogP contribution >= 0.6 is 11.3 Å². The standard InChI is InChI=1S/C26H27N3OS/c1-17(2)22-9-7-10-23-25(22)28-26(31-23)29(16-21-8-5-6-13-27-21)24(30)15-20-14-18(3)11-12-19(20)4/h5-14,17H,15-16H2,1-4H3. The third-order valence-electron chi connectivity index (χ3n) is 5.49. The molecule has 0 aliphatic heterocycles. The molecule has 0 aliphatic rings. The topological polar surface area (TPSA) is 46.1 Å². The molecule has 4 rings (SSSR count). The minimum absolute atomic E-state index is 0.0320. The second-order valence-electron chi connectivity index (χ2n) is 8.25. The van der Waals surface area contributed by atoms with Gasteiger partial charge in [-0.3, -0.25) is 14.7 Å². The number of rotatable bonds is 6. The average Bonchev–Trinajstić information content (AvgIpc) is 3.19. The van der Waals surface area contributed by atoms with E-state index in [9.17, 15) is 4.79 Å². The highest BCUT2D eigenvalue weighted by molar-refractivity contribution is 7.22. The van der Waals surface area contributed by atoms with E-state index in [4.69, 9.17) is 4.98 Å². The Bertz CT molecular complexity index is 1210. The number of aryl methyl sites for hydroxylation is 2. The van der Waals surface area contributed by atoms with Crippen molar-refractivity contribution in [2.24, 2.45) is 0 Å². The van der Waals surface area contributed by atoms with Gasteiger partial charge in [-0.05, 0) is 54.7 Å². The zero-order chi connectivity index (χ0) is 22.0. The zero-order valence-electron chi connectivity index (χ0n) is 18.4. The first-order valence-electron chi connectivity index (χ1n) is 10.6. The number of hydrogen-bond acceptors (Lipinski definition) is 4. The summed E-state index contributed by atoms with van der Waals surface area (Å²) < 4.78 is 1.10. The Kier molecular flexibility index (Phi) is 6.14. The fourth-order valence-corrected chi connectivity index (χ4v) is 4.72. The van der Waals surface area contributed by atoms with Crippen LogP contribution in [0.2, 0.25) is 0 Å². The van der Waals surface area contributed by atoms with Crippen LogP contribution in [0.3, 0.4) is 0 Å². The Morgan fingerprint density at radius 1 is 1.06 bits per heavy atom. The molecule has 0 saturated heterocycles. The average molecular weight is 430 g/mol. The Balaban J connectivity index is 1.74. The summed E-state index contributed by atoms with van der Waals surface area (Å²) in [4.78, 5) is 24.7. The number of aromatic nitrogens is 2. The van der Waals surface area contributed by atoms with Gasteiger partial charge in [0, 0.05) is 6.20 Å². The van der Waals surface area contributed by atoms with Crippen molar-refractivity contribution in [3.05, 3.63) is 88.7 Å². The largest absolute Gasteiger partial charge is 0.282 e. The molecule has 0 bridgehead atoms. The van der Waals surface area contributed by atoms with E-state index in [0.717, 1.165) is 37.7 Å². The summed E-state index contributed by atoms with van der Waals surface area (Å²) in [5.74, 6) is 0.401. The highest BCUT2D eigenvalue weighted by Crippen LogP contribution is 2.34. The third-order valence-corrected chi connectivity index (χ3v) is 6.53. The lowest BCUT2D eigenvalue weighted by Crippen LogP contribution is -2.32. The molecule has 0 spiro atoms. The van der Waals surface area contributed by atoms with Crippen LogP contribution < -0.4 is 4.90 Å². The van der Waals surface area contributed by atoms with Crippen LogP contribution in [0.25, 0.3) is 10.2 Å². The van der Waals surface area contributed by atoms with Gasteiger partial charge in [-0.25, -0.2) is 4.98 Å². The lowest BCUT2D eigenvalue weighted by molar-refractivity contribution is -0.118. The Labute approximate surface area is 187 Å². The van der Waals surface area contributed by atoms with Gasteiger partial charge in [-0.2, -0.15) is 0 Å². The van der Waals surface area contributed by atoms with E-state index in [-0.39, 0.29) is 5.91 Å². The number of pyridine rings is 1. The van der Waals surface area contributed by atoms with Crippen molar-refractivity contribution in [1.29, 1.82) is 0 Å². The number of hydrogen-bond donors (Lipinski definition) is 0. The number of amides is 1. The van der Waals surface area contributed by atoms with Gasteiger partial charge in [-0.15, -0.1) is 0 Å². The van der Waals surface area contributed by atoms with Gasteiger partial charge in [0.1, 0.15) is 0 Å². The first-order valence-corrected chi connectivity index (χ1v) is 11.4. The molecule has 2 heterocycles. The fraction of sp³-hybridized carbons (Fsp3) is 0.269. The van der Waals surface area contributed by atoms with Gasteiger partial charge < -0.3 is 0 Å². The fourth-order valence-electron chi connectivity index (χ4n) is 3.70. The number of fused-ring (bicyclic) bond motifs is 1. The number of anilines is 1. The summed E-state index contributed by atoms with van der Waals surface area (Å²) >= 11 is 1.57. The summed E-state index contributed by atoms with van der Waals surface area (Å²) in [6.07, 6.45) is 2.10. The van der Waals surface area contributed by atoms with Crippen molar-refractivity contribution in [2.75, 3.05) is 4.90 Å². The van der Waals surface area contributed by atoms with Crippen LogP contribution in [0, 0.1) is 13.8 Å². The smallest absolute Gasteiger partial charge is 0.233 e. The summed E-state index contributed by atoms with van der Waals surface area (Å²) in [5, 5.41) is 0.726. The second-order valence-corrected chi connectivity index (χ2v) is 9.26. The van der Waals surface area contributed by atoms with Gasteiger partial charge in [-0.1, -0.05) is 67.1 Å². The van der Waals surface area contributed by atoms with E-state index < -0.39 is 0 Å². The van der Waals surface area contributed by atoms with Crippen molar-refractivity contribution in [2.45, 2.75) is 46.6 Å². The molecular weight excluding hydrogens is 402 g/mol. The van der Waals surface area contributed by atoms with E-state index >= 15 is 0 Å². The molecule has 31 heavy (non-hydrogen) atoms. The first kappa shape index (κ1) is 21.2. The molecule has 0 aliphatic carbocycles. The van der Waals surface area contributed by atoms with Crippen LogP contribution in [0.15, 0.2) is 60.8 Å². The maximum absolute atomic E-state index is 13.5. The number of carbonyl (C=O) groups is 1. The van der Waals surface area contributed by atoms with Gasteiger partial charge in [0.05, 0.1) is 28.9 Å². The minimum Gasteiger partial charge on any atom is -0.282 e. The summed E-state index contributed by atoms with van der Waals surface area (Å²) in [6.45, 7) is 8.86. The van der Waals surface area contributed by atoms with Gasteiger partial charge >= 0.3 is 0 Å². The number of nitrogens with zero attached hydrogens (tertiary/aromatic N) is 3. The maximum atomic E-state index is 13.5. The molecule has 2 aromatic heterocycles. The monoisotopic (exact) mass is 429 g/mol. The van der Waals surface area contributed by atoms with Crippen LogP contribution in [0.5, 0.6) is 0 Å². The highest BCUT2D eigenvalue weighted by Gasteiger charge is 2.22. The molecular formula is C26H27N3OS. The summed E-state index contributed by atoms with van der Waals surface area (Å²) in [5.41, 5.74) is 6.39. The van der Waals surface area contributed by atoms with Crippen molar-refractivity contribution >= 4 is 32.6 Å². The molecule has 4 aromatic rings. The van der Waals surface area contributed by atoms with E-state index in [0.29, 0.717) is 18.9 Å². The molecule has 4 nitrogen and oxygen atoms in total. The summed E-state index contributed by atoms with van der Waals surface area (Å²) in [6, 6.07) is 18.3. The SMILES string of the molecule is Cc1ccc(C)c(CC(=O)N(Cc2ccccn2)c2nc3c(C(C)C)cccc3s2)c1. The maximum Gasteiger partial charge on any atom is 0.233 e. The number of thiazole rings is 1. The molecule has 0 unspecified atom stereocenters. The molecule has 5 heteroatoms. The molecule has 0 radical (unpaired) electrons. The number of benzene rings is 2. The number of carbonyl (C=O) groups excluding carboxylic acids is 1. The van der Waals surface area contributed by atoms with Crippen LogP contribution in [-0.4, -0.2) is 15.9 Å². The van der Waals surface area contributed by atoms with E-state index in [1.807, 2.05) is 18.2 Å². The van der Waals surface area contributed by atoms with Crippen molar-refractivity contribution in [3.63, 3.8) is 0 Å². The molecule has 0 saturated carbocycles. The lowest BCUT2D eigenvalue weighted by Gasteiger charge is -2.20. The zero-order valence-corrected chi connectivity index (χ0v) is 19.2.